The first-order chi connectivity index (χ1) is 12.2. The standard InChI is InChI=1S/C18H18N4O3/c1-24-16-17(21-9-8-20-16)25-15-3-2-10-22(12-15)18(23)14-6-4-13(11-19)5-7-14/h4-9,15H,2-3,10,12H2,1H3/t15-/m0/s1. The third kappa shape index (κ3) is 3.86. The van der Waals surface area contributed by atoms with Gasteiger partial charge in [0.05, 0.1) is 25.3 Å². The second kappa shape index (κ2) is 7.62. The van der Waals surface area contributed by atoms with Gasteiger partial charge in [-0.2, -0.15) is 5.26 Å². The number of methoxy groups -OCH3 is 1. The zero-order chi connectivity index (χ0) is 17.6. The van der Waals surface area contributed by atoms with E-state index >= 15 is 0 Å². The largest absolute Gasteiger partial charge is 0.477 e. The molecule has 0 radical (unpaired) electrons. The SMILES string of the molecule is COc1nccnc1O[C@H]1CCCN(C(=O)c2ccc(C#N)cc2)C1. The first-order valence-electron chi connectivity index (χ1n) is 8.02. The maximum absolute atomic E-state index is 12.7. The second-order valence-electron chi connectivity index (χ2n) is 5.69. The molecule has 2 heterocycles. The maximum atomic E-state index is 12.7. The molecule has 0 bridgehead atoms. The number of aromatic nitrogens is 2. The average molecular weight is 338 g/mol. The number of carbonyl (C=O) groups is 1. The molecule has 1 atom stereocenters. The molecule has 25 heavy (non-hydrogen) atoms. The van der Waals surface area contributed by atoms with E-state index < -0.39 is 0 Å². The monoisotopic (exact) mass is 338 g/mol. The Morgan fingerprint density at radius 2 is 1.96 bits per heavy atom. The Kier molecular flexibility index (Phi) is 5.09. The Morgan fingerprint density at radius 3 is 2.64 bits per heavy atom. The molecule has 1 aromatic carbocycles. The van der Waals surface area contributed by atoms with Crippen molar-refractivity contribution in [2.45, 2.75) is 18.9 Å². The van der Waals surface area contributed by atoms with E-state index in [9.17, 15) is 4.79 Å². The molecule has 7 heteroatoms. The Bertz CT molecular complexity index is 786. The highest BCUT2D eigenvalue weighted by atomic mass is 16.5. The average Bonchev–Trinajstić information content (AvgIpc) is 2.68. The van der Waals surface area contributed by atoms with E-state index in [0.717, 1.165) is 12.8 Å². The van der Waals surface area contributed by atoms with Gasteiger partial charge in [-0.1, -0.05) is 0 Å². The van der Waals surface area contributed by atoms with Crippen LogP contribution in [0.3, 0.4) is 0 Å². The van der Waals surface area contributed by atoms with Gasteiger partial charge in [0.2, 0.25) is 0 Å². The number of benzene rings is 1. The summed E-state index contributed by atoms with van der Waals surface area (Å²) in [5.41, 5.74) is 1.10. The van der Waals surface area contributed by atoms with Crippen LogP contribution in [0.25, 0.3) is 0 Å². The van der Waals surface area contributed by atoms with Gasteiger partial charge in [-0.15, -0.1) is 0 Å². The Morgan fingerprint density at radius 1 is 1.24 bits per heavy atom. The summed E-state index contributed by atoms with van der Waals surface area (Å²) in [6, 6.07) is 8.70. The van der Waals surface area contributed by atoms with Gasteiger partial charge in [-0.05, 0) is 37.1 Å². The third-order valence-corrected chi connectivity index (χ3v) is 4.03. The maximum Gasteiger partial charge on any atom is 0.278 e. The number of amides is 1. The topological polar surface area (TPSA) is 88.3 Å². The van der Waals surface area contributed by atoms with Crippen molar-refractivity contribution in [2.24, 2.45) is 0 Å². The molecule has 7 nitrogen and oxygen atoms in total. The lowest BCUT2D eigenvalue weighted by atomic mass is 10.1. The molecular weight excluding hydrogens is 320 g/mol. The molecule has 0 spiro atoms. The van der Waals surface area contributed by atoms with E-state index in [1.807, 2.05) is 6.07 Å². The fourth-order valence-corrected chi connectivity index (χ4v) is 2.78. The molecule has 0 unspecified atom stereocenters. The number of piperidine rings is 1. The molecule has 128 valence electrons. The van der Waals surface area contributed by atoms with E-state index in [4.69, 9.17) is 14.7 Å². The van der Waals surface area contributed by atoms with Crippen LogP contribution in [0.4, 0.5) is 0 Å². The van der Waals surface area contributed by atoms with Gasteiger partial charge in [0, 0.05) is 24.5 Å². The van der Waals surface area contributed by atoms with Gasteiger partial charge in [0.1, 0.15) is 6.10 Å². The quantitative estimate of drug-likeness (QED) is 0.847. The zero-order valence-corrected chi connectivity index (χ0v) is 13.9. The van der Waals surface area contributed by atoms with Gasteiger partial charge in [-0.25, -0.2) is 9.97 Å². The van der Waals surface area contributed by atoms with Gasteiger partial charge >= 0.3 is 0 Å². The predicted octanol–water partition coefficient (Wildman–Crippen LogP) is 2.04. The summed E-state index contributed by atoms with van der Waals surface area (Å²) >= 11 is 0. The number of carbonyl (C=O) groups excluding carboxylic acids is 1. The number of rotatable bonds is 4. The van der Waals surface area contributed by atoms with Crippen LogP contribution in [0.15, 0.2) is 36.7 Å². The smallest absolute Gasteiger partial charge is 0.278 e. The molecule has 1 fully saturated rings. The lowest BCUT2D eigenvalue weighted by molar-refractivity contribution is 0.0519. The molecular formula is C18H18N4O3. The summed E-state index contributed by atoms with van der Waals surface area (Å²) in [6.45, 7) is 1.15. The van der Waals surface area contributed by atoms with E-state index in [1.54, 1.807) is 35.4 Å². The van der Waals surface area contributed by atoms with Crippen LogP contribution >= 0.6 is 0 Å². The Hall–Kier alpha value is -3.14. The molecule has 1 aliphatic rings. The molecule has 0 saturated carbocycles. The van der Waals surface area contributed by atoms with Crippen molar-refractivity contribution in [1.29, 1.82) is 5.26 Å². The van der Waals surface area contributed by atoms with E-state index in [0.29, 0.717) is 36.0 Å². The number of nitrogens with zero attached hydrogens (tertiary/aromatic N) is 4. The van der Waals surface area contributed by atoms with E-state index in [1.165, 1.54) is 13.3 Å². The van der Waals surface area contributed by atoms with Crippen molar-refractivity contribution in [2.75, 3.05) is 20.2 Å². The highest BCUT2D eigenvalue weighted by molar-refractivity contribution is 5.94. The number of nitriles is 1. The van der Waals surface area contributed by atoms with E-state index in [-0.39, 0.29) is 12.0 Å². The van der Waals surface area contributed by atoms with Gasteiger partial charge < -0.3 is 14.4 Å². The summed E-state index contributed by atoms with van der Waals surface area (Å²) in [5.74, 6) is 0.601. The minimum Gasteiger partial charge on any atom is -0.477 e. The number of likely N-dealkylation sites (tertiary alicyclic amines) is 1. The van der Waals surface area contributed by atoms with E-state index in [2.05, 4.69) is 9.97 Å². The van der Waals surface area contributed by atoms with Crippen LogP contribution in [0.5, 0.6) is 11.8 Å². The fraction of sp³-hybridized carbons (Fsp3) is 0.333. The molecule has 1 aromatic heterocycles. The third-order valence-electron chi connectivity index (χ3n) is 4.03. The molecule has 1 saturated heterocycles. The number of hydrogen-bond donors (Lipinski definition) is 0. The van der Waals surface area contributed by atoms with Crippen molar-refractivity contribution in [3.8, 4) is 17.8 Å². The molecule has 1 aliphatic heterocycles. The fourth-order valence-electron chi connectivity index (χ4n) is 2.78. The number of hydrogen-bond acceptors (Lipinski definition) is 6. The Labute approximate surface area is 145 Å². The lowest BCUT2D eigenvalue weighted by Gasteiger charge is -2.32. The van der Waals surface area contributed by atoms with Crippen molar-refractivity contribution in [3.05, 3.63) is 47.8 Å². The van der Waals surface area contributed by atoms with Gasteiger partial charge in [0.15, 0.2) is 0 Å². The summed E-state index contributed by atoms with van der Waals surface area (Å²) < 4.78 is 11.0. The van der Waals surface area contributed by atoms with Crippen molar-refractivity contribution in [1.82, 2.24) is 14.9 Å². The van der Waals surface area contributed by atoms with Gasteiger partial charge in [-0.3, -0.25) is 4.79 Å². The highest BCUT2D eigenvalue weighted by Crippen LogP contribution is 2.24. The second-order valence-corrected chi connectivity index (χ2v) is 5.69. The minimum absolute atomic E-state index is 0.0658. The molecule has 3 rings (SSSR count). The summed E-state index contributed by atoms with van der Waals surface area (Å²) in [7, 11) is 1.51. The van der Waals surface area contributed by atoms with Crippen molar-refractivity contribution < 1.29 is 14.3 Å². The van der Waals surface area contributed by atoms with Crippen LogP contribution in [-0.4, -0.2) is 47.1 Å². The summed E-state index contributed by atoms with van der Waals surface area (Å²) in [4.78, 5) is 22.6. The molecule has 0 aliphatic carbocycles. The molecule has 0 N–H and O–H groups in total. The minimum atomic E-state index is -0.165. The summed E-state index contributed by atoms with van der Waals surface area (Å²) in [6.07, 6.45) is 4.58. The first kappa shape index (κ1) is 16.7. The lowest BCUT2D eigenvalue weighted by Crippen LogP contribution is -2.44. The van der Waals surface area contributed by atoms with Gasteiger partial charge in [0.25, 0.3) is 17.7 Å². The summed E-state index contributed by atoms with van der Waals surface area (Å²) in [5, 5.41) is 8.85. The Balaban J connectivity index is 1.68. The normalized spacial score (nSPS) is 16.8. The number of ether oxygens (including phenoxy) is 2. The molecule has 1 amide bonds. The first-order valence-corrected chi connectivity index (χ1v) is 8.02. The van der Waals surface area contributed by atoms with Crippen LogP contribution in [-0.2, 0) is 0 Å². The highest BCUT2D eigenvalue weighted by Gasteiger charge is 2.27. The van der Waals surface area contributed by atoms with Crippen molar-refractivity contribution in [3.63, 3.8) is 0 Å². The van der Waals surface area contributed by atoms with Crippen LogP contribution in [0, 0.1) is 11.3 Å². The predicted molar refractivity (Wildman–Crippen MR) is 89.3 cm³/mol. The molecule has 2 aromatic rings. The zero-order valence-electron chi connectivity index (χ0n) is 13.9. The van der Waals surface area contributed by atoms with Crippen LogP contribution in [0.2, 0.25) is 0 Å². The van der Waals surface area contributed by atoms with Crippen LogP contribution in [0.1, 0.15) is 28.8 Å². The van der Waals surface area contributed by atoms with Crippen LogP contribution < -0.4 is 9.47 Å². The van der Waals surface area contributed by atoms with Crippen molar-refractivity contribution >= 4 is 5.91 Å².